The van der Waals surface area contributed by atoms with E-state index in [0.717, 1.165) is 25.2 Å². The zero-order valence-electron chi connectivity index (χ0n) is 11.3. The summed E-state index contributed by atoms with van der Waals surface area (Å²) in [4.78, 5) is 6.71. The van der Waals surface area contributed by atoms with Crippen molar-refractivity contribution in [2.75, 3.05) is 6.61 Å². The summed E-state index contributed by atoms with van der Waals surface area (Å²) in [7, 11) is 3.93. The van der Waals surface area contributed by atoms with Crippen LogP contribution in [0, 0.1) is 0 Å². The Kier molecular flexibility index (Phi) is 3.12. The van der Waals surface area contributed by atoms with Gasteiger partial charge in [-0.1, -0.05) is 0 Å². The molecule has 0 bridgehead atoms. The van der Waals surface area contributed by atoms with Gasteiger partial charge in [-0.2, -0.15) is 5.10 Å². The third-order valence-corrected chi connectivity index (χ3v) is 3.80. The highest BCUT2D eigenvalue weighted by Gasteiger charge is 2.28. The highest BCUT2D eigenvalue weighted by atomic mass is 16.3. The van der Waals surface area contributed by atoms with Crippen LogP contribution >= 0.6 is 0 Å². The fourth-order valence-corrected chi connectivity index (χ4v) is 2.72. The molecule has 0 aliphatic carbocycles. The van der Waals surface area contributed by atoms with E-state index >= 15 is 0 Å². The number of nitrogens with zero attached hydrogens (tertiary/aromatic N) is 5. The molecule has 0 saturated heterocycles. The predicted molar refractivity (Wildman–Crippen MR) is 70.2 cm³/mol. The van der Waals surface area contributed by atoms with E-state index in [2.05, 4.69) is 19.5 Å². The second-order valence-corrected chi connectivity index (χ2v) is 5.22. The minimum Gasteiger partial charge on any atom is -0.395 e. The summed E-state index contributed by atoms with van der Waals surface area (Å²) in [5.41, 5.74) is 3.53. The molecular formula is C13H19N5O. The molecule has 0 radical (unpaired) electrons. The fourth-order valence-electron chi connectivity index (χ4n) is 2.72. The van der Waals surface area contributed by atoms with Gasteiger partial charge in [0.2, 0.25) is 0 Å². The normalized spacial score (nSPS) is 19.6. The summed E-state index contributed by atoms with van der Waals surface area (Å²) in [6.45, 7) is 1.76. The van der Waals surface area contributed by atoms with Crippen LogP contribution in [0.4, 0.5) is 0 Å². The van der Waals surface area contributed by atoms with E-state index in [1.807, 2.05) is 32.8 Å². The maximum atomic E-state index is 9.61. The molecule has 1 aliphatic rings. The van der Waals surface area contributed by atoms with Crippen LogP contribution in [0.15, 0.2) is 18.7 Å². The number of hydrogen-bond acceptors (Lipinski definition) is 4. The minimum absolute atomic E-state index is 0.156. The Hall–Kier alpha value is -1.66. The molecule has 0 amide bonds. The van der Waals surface area contributed by atoms with Crippen molar-refractivity contribution in [2.45, 2.75) is 25.6 Å². The molecule has 0 fully saturated rings. The highest BCUT2D eigenvalue weighted by Crippen LogP contribution is 2.23. The molecule has 0 saturated carbocycles. The molecule has 0 spiro atoms. The summed E-state index contributed by atoms with van der Waals surface area (Å²) in [5, 5.41) is 13.8. The summed E-state index contributed by atoms with van der Waals surface area (Å²) in [6, 6.07) is 0.156. The van der Waals surface area contributed by atoms with Gasteiger partial charge in [-0.25, -0.2) is 4.98 Å². The van der Waals surface area contributed by atoms with Gasteiger partial charge in [0.25, 0.3) is 0 Å². The lowest BCUT2D eigenvalue weighted by atomic mass is 10.0. The third kappa shape index (κ3) is 2.29. The second-order valence-electron chi connectivity index (χ2n) is 5.22. The number of aromatic nitrogens is 4. The maximum Gasteiger partial charge on any atom is 0.0949 e. The summed E-state index contributed by atoms with van der Waals surface area (Å²) < 4.78 is 3.86. The molecule has 102 valence electrons. The lowest BCUT2D eigenvalue weighted by Crippen LogP contribution is -2.42. The van der Waals surface area contributed by atoms with E-state index in [1.54, 1.807) is 4.68 Å². The van der Waals surface area contributed by atoms with Crippen molar-refractivity contribution < 1.29 is 5.11 Å². The van der Waals surface area contributed by atoms with Gasteiger partial charge in [0.05, 0.1) is 24.8 Å². The molecule has 1 unspecified atom stereocenters. The fraction of sp³-hybridized carbons (Fsp3) is 0.538. The van der Waals surface area contributed by atoms with Crippen molar-refractivity contribution in [1.82, 2.24) is 24.2 Å². The number of aryl methyl sites for hydroxylation is 2. The van der Waals surface area contributed by atoms with Gasteiger partial charge in [-0.15, -0.1) is 0 Å². The van der Waals surface area contributed by atoms with Gasteiger partial charge in [0.1, 0.15) is 0 Å². The van der Waals surface area contributed by atoms with Gasteiger partial charge in [0, 0.05) is 57.1 Å². The van der Waals surface area contributed by atoms with Crippen LogP contribution in [0.5, 0.6) is 0 Å². The van der Waals surface area contributed by atoms with Gasteiger partial charge < -0.3 is 9.67 Å². The summed E-state index contributed by atoms with van der Waals surface area (Å²) in [6.07, 6.45) is 6.60. The van der Waals surface area contributed by atoms with Crippen LogP contribution in [0.3, 0.4) is 0 Å². The lowest BCUT2D eigenvalue weighted by molar-refractivity contribution is 0.0967. The van der Waals surface area contributed by atoms with E-state index in [-0.39, 0.29) is 12.6 Å². The average molecular weight is 261 g/mol. The smallest absolute Gasteiger partial charge is 0.0949 e. The van der Waals surface area contributed by atoms with Gasteiger partial charge in [0.15, 0.2) is 0 Å². The molecule has 2 aromatic rings. The van der Waals surface area contributed by atoms with E-state index < -0.39 is 0 Å². The number of aliphatic hydroxyl groups excluding tert-OH is 1. The van der Waals surface area contributed by atoms with Crippen LogP contribution in [0.2, 0.25) is 0 Å². The first-order chi connectivity index (χ1) is 9.17. The first-order valence-electron chi connectivity index (χ1n) is 6.49. The first-order valence-corrected chi connectivity index (χ1v) is 6.49. The highest BCUT2D eigenvalue weighted by molar-refractivity contribution is 5.19. The molecule has 1 N–H and O–H groups in total. The van der Waals surface area contributed by atoms with Crippen LogP contribution in [-0.4, -0.2) is 42.0 Å². The second kappa shape index (κ2) is 4.79. The van der Waals surface area contributed by atoms with Crippen molar-refractivity contribution in [2.24, 2.45) is 14.1 Å². The summed E-state index contributed by atoms with van der Waals surface area (Å²) >= 11 is 0. The Morgan fingerprint density at radius 1 is 1.42 bits per heavy atom. The van der Waals surface area contributed by atoms with Gasteiger partial charge in [-0.3, -0.25) is 9.58 Å². The van der Waals surface area contributed by atoms with Gasteiger partial charge >= 0.3 is 0 Å². The average Bonchev–Trinajstić information content (AvgIpc) is 2.96. The molecule has 6 heteroatoms. The predicted octanol–water partition coefficient (Wildman–Crippen LogP) is 0.0728. The first kappa shape index (κ1) is 12.4. The van der Waals surface area contributed by atoms with E-state index in [4.69, 9.17) is 0 Å². The molecule has 0 aromatic carbocycles. The molecule has 19 heavy (non-hydrogen) atoms. The summed E-state index contributed by atoms with van der Waals surface area (Å²) in [5.74, 6) is 0. The quantitative estimate of drug-likeness (QED) is 0.849. The monoisotopic (exact) mass is 261 g/mol. The zero-order valence-corrected chi connectivity index (χ0v) is 11.3. The van der Waals surface area contributed by atoms with Crippen molar-refractivity contribution in [3.05, 3.63) is 35.7 Å². The van der Waals surface area contributed by atoms with Crippen LogP contribution in [0.1, 0.15) is 17.0 Å². The van der Waals surface area contributed by atoms with Gasteiger partial charge in [-0.05, 0) is 0 Å². The van der Waals surface area contributed by atoms with Crippen molar-refractivity contribution in [3.8, 4) is 0 Å². The van der Waals surface area contributed by atoms with Crippen LogP contribution in [0.25, 0.3) is 0 Å². The Morgan fingerprint density at radius 2 is 2.26 bits per heavy atom. The topological polar surface area (TPSA) is 59.1 Å². The van der Waals surface area contributed by atoms with Crippen LogP contribution < -0.4 is 0 Å². The molecule has 3 rings (SSSR count). The number of rotatable bonds is 3. The number of hydrogen-bond donors (Lipinski definition) is 1. The largest absolute Gasteiger partial charge is 0.395 e. The standard InChI is InChI=1S/C13H19N5O/c1-16-9-14-12-7-18(11(8-19)3-13(12)16)6-10-4-15-17(2)5-10/h4-5,9,11,19H,3,6-8H2,1-2H3. The van der Waals surface area contributed by atoms with E-state index in [9.17, 15) is 5.11 Å². The molecule has 1 atom stereocenters. The SMILES string of the molecule is Cn1cc(CN2Cc3ncn(C)c3CC2CO)cn1. The lowest BCUT2D eigenvalue weighted by Gasteiger charge is -2.34. The van der Waals surface area contributed by atoms with Crippen LogP contribution in [-0.2, 0) is 33.6 Å². The Balaban J connectivity index is 1.81. The van der Waals surface area contributed by atoms with Crippen molar-refractivity contribution in [1.29, 1.82) is 0 Å². The third-order valence-electron chi connectivity index (χ3n) is 3.80. The Bertz CT molecular complexity index is 573. The van der Waals surface area contributed by atoms with Crippen molar-refractivity contribution in [3.63, 3.8) is 0 Å². The van der Waals surface area contributed by atoms with E-state index in [0.29, 0.717) is 0 Å². The number of fused-ring (bicyclic) bond motifs is 1. The van der Waals surface area contributed by atoms with E-state index in [1.165, 1.54) is 11.3 Å². The minimum atomic E-state index is 0.156. The molecular weight excluding hydrogens is 242 g/mol. The molecule has 2 aromatic heterocycles. The molecule has 6 nitrogen and oxygen atoms in total. The molecule has 3 heterocycles. The number of aliphatic hydroxyl groups is 1. The zero-order chi connectivity index (χ0) is 13.4. The number of imidazole rings is 1. The van der Waals surface area contributed by atoms with Crippen molar-refractivity contribution >= 4 is 0 Å². The molecule has 1 aliphatic heterocycles. The Labute approximate surface area is 112 Å². The maximum absolute atomic E-state index is 9.61. The Morgan fingerprint density at radius 3 is 2.95 bits per heavy atom.